The Bertz CT molecular complexity index is 674. The fourth-order valence-corrected chi connectivity index (χ4v) is 3.17. The smallest absolute Gasteiger partial charge is 0.308 e. The molecule has 0 radical (unpaired) electrons. The van der Waals surface area contributed by atoms with Crippen LogP contribution in [0.5, 0.6) is 0 Å². The van der Waals surface area contributed by atoms with Gasteiger partial charge in [-0.3, -0.25) is 4.79 Å². The van der Waals surface area contributed by atoms with Gasteiger partial charge < -0.3 is 9.15 Å². The molecule has 2 aromatic rings. The zero-order valence-electron chi connectivity index (χ0n) is 12.3. The molecule has 2 unspecified atom stereocenters. The fourth-order valence-electron chi connectivity index (χ4n) is 3.17. The normalized spacial score (nSPS) is 19.3. The van der Waals surface area contributed by atoms with Crippen LogP contribution in [0.15, 0.2) is 22.6 Å². The number of rotatable bonds is 3. The average Bonchev–Trinajstić information content (AvgIpc) is 2.83. The second kappa shape index (κ2) is 5.51. The summed E-state index contributed by atoms with van der Waals surface area (Å²) < 4.78 is 24.3. The first-order valence-corrected chi connectivity index (χ1v) is 7.46. The van der Waals surface area contributed by atoms with Gasteiger partial charge in [-0.2, -0.15) is 0 Å². The van der Waals surface area contributed by atoms with E-state index in [-0.39, 0.29) is 23.6 Å². The van der Waals surface area contributed by atoms with E-state index in [9.17, 15) is 9.18 Å². The molecule has 0 saturated carbocycles. The quantitative estimate of drug-likeness (QED) is 0.805. The first-order chi connectivity index (χ1) is 10.1. The van der Waals surface area contributed by atoms with Gasteiger partial charge >= 0.3 is 5.97 Å². The Balaban J connectivity index is 1.86. The Morgan fingerprint density at radius 3 is 3.10 bits per heavy atom. The lowest BCUT2D eigenvalue weighted by molar-refractivity contribution is -0.149. The third-order valence-corrected chi connectivity index (χ3v) is 4.41. The number of carbonyl (C=O) groups is 1. The van der Waals surface area contributed by atoms with Gasteiger partial charge in [-0.15, -0.1) is 0 Å². The van der Waals surface area contributed by atoms with E-state index in [0.717, 1.165) is 35.1 Å². The lowest BCUT2D eigenvalue weighted by atomic mass is 9.80. The molecule has 1 aliphatic carbocycles. The van der Waals surface area contributed by atoms with Crippen molar-refractivity contribution in [1.82, 2.24) is 0 Å². The van der Waals surface area contributed by atoms with Crippen molar-refractivity contribution in [2.45, 2.75) is 33.1 Å². The highest BCUT2D eigenvalue weighted by atomic mass is 19.1. The van der Waals surface area contributed by atoms with E-state index in [1.807, 2.05) is 13.8 Å². The molecule has 21 heavy (non-hydrogen) atoms. The van der Waals surface area contributed by atoms with Gasteiger partial charge in [0.15, 0.2) is 0 Å². The summed E-state index contributed by atoms with van der Waals surface area (Å²) in [6.07, 6.45) is 2.43. The van der Waals surface area contributed by atoms with Gasteiger partial charge in [0.2, 0.25) is 0 Å². The molecule has 4 heteroatoms. The number of halogens is 1. The topological polar surface area (TPSA) is 39.4 Å². The second-order valence-electron chi connectivity index (χ2n) is 5.69. The average molecular weight is 290 g/mol. The van der Waals surface area contributed by atoms with Gasteiger partial charge in [-0.05, 0) is 43.9 Å². The van der Waals surface area contributed by atoms with Gasteiger partial charge in [0.05, 0.1) is 12.5 Å². The third kappa shape index (κ3) is 2.55. The van der Waals surface area contributed by atoms with E-state index in [2.05, 4.69) is 0 Å². The highest BCUT2D eigenvalue weighted by Gasteiger charge is 2.31. The maximum absolute atomic E-state index is 13.4. The molecule has 1 heterocycles. The monoisotopic (exact) mass is 290 g/mol. The van der Waals surface area contributed by atoms with E-state index in [1.165, 1.54) is 12.1 Å². The van der Waals surface area contributed by atoms with E-state index in [1.54, 1.807) is 6.07 Å². The van der Waals surface area contributed by atoms with Crippen molar-refractivity contribution in [2.24, 2.45) is 11.8 Å². The number of furan rings is 1. The Morgan fingerprint density at radius 1 is 1.52 bits per heavy atom. The van der Waals surface area contributed by atoms with Crippen molar-refractivity contribution < 1.29 is 18.3 Å². The lowest BCUT2D eigenvalue weighted by Gasteiger charge is -2.25. The van der Waals surface area contributed by atoms with Crippen LogP contribution in [0.1, 0.15) is 31.6 Å². The van der Waals surface area contributed by atoms with Crippen LogP contribution in [0.2, 0.25) is 0 Å². The highest BCUT2D eigenvalue weighted by molar-refractivity contribution is 5.82. The molecule has 0 fully saturated rings. The molecule has 1 aliphatic rings. The van der Waals surface area contributed by atoms with Crippen molar-refractivity contribution in [3.8, 4) is 0 Å². The lowest BCUT2D eigenvalue weighted by Crippen LogP contribution is -2.27. The summed E-state index contributed by atoms with van der Waals surface area (Å²) in [7, 11) is 0. The summed E-state index contributed by atoms with van der Waals surface area (Å²) in [5.41, 5.74) is 1.82. The van der Waals surface area contributed by atoms with Crippen molar-refractivity contribution in [3.05, 3.63) is 35.3 Å². The van der Waals surface area contributed by atoms with Crippen molar-refractivity contribution in [2.75, 3.05) is 6.61 Å². The van der Waals surface area contributed by atoms with Crippen LogP contribution in [0.3, 0.4) is 0 Å². The standard InChI is InChI=1S/C17H19FO3/c1-3-20-17(19)10(2)11-4-6-13-14-9-12(18)5-7-15(14)21-16(13)8-11/h5,7,9-11H,3-4,6,8H2,1-2H3. The molecule has 0 saturated heterocycles. The molecule has 0 aliphatic heterocycles. The Hall–Kier alpha value is -1.84. The van der Waals surface area contributed by atoms with Gasteiger partial charge in [-0.1, -0.05) is 6.92 Å². The first-order valence-electron chi connectivity index (χ1n) is 7.46. The fraction of sp³-hybridized carbons (Fsp3) is 0.471. The Labute approximate surface area is 123 Å². The number of hydrogen-bond acceptors (Lipinski definition) is 3. The van der Waals surface area contributed by atoms with Crippen LogP contribution >= 0.6 is 0 Å². The summed E-state index contributed by atoms with van der Waals surface area (Å²) in [5, 5.41) is 0.868. The molecule has 0 spiro atoms. The van der Waals surface area contributed by atoms with E-state index >= 15 is 0 Å². The SMILES string of the molecule is CCOC(=O)C(C)C1CCc2c(oc3ccc(F)cc23)C1. The largest absolute Gasteiger partial charge is 0.466 e. The molecule has 1 aromatic heterocycles. The Kier molecular flexibility index (Phi) is 3.70. The number of carbonyl (C=O) groups excluding carboxylic acids is 1. The van der Waals surface area contributed by atoms with Crippen LogP contribution in [0, 0.1) is 17.7 Å². The number of benzene rings is 1. The van der Waals surface area contributed by atoms with Crippen LogP contribution in [-0.4, -0.2) is 12.6 Å². The predicted molar refractivity (Wildman–Crippen MR) is 77.5 cm³/mol. The predicted octanol–water partition coefficient (Wildman–Crippen LogP) is 3.88. The molecular weight excluding hydrogens is 271 g/mol. The summed E-state index contributed by atoms with van der Waals surface area (Å²) >= 11 is 0. The molecule has 112 valence electrons. The summed E-state index contributed by atoms with van der Waals surface area (Å²) in [6, 6.07) is 4.62. The van der Waals surface area contributed by atoms with Gasteiger partial charge in [-0.25, -0.2) is 4.39 Å². The minimum absolute atomic E-state index is 0.136. The number of hydrogen-bond donors (Lipinski definition) is 0. The van der Waals surface area contributed by atoms with Crippen LogP contribution in [-0.2, 0) is 22.4 Å². The van der Waals surface area contributed by atoms with E-state index < -0.39 is 0 Å². The van der Waals surface area contributed by atoms with Gasteiger partial charge in [0, 0.05) is 17.4 Å². The minimum atomic E-state index is -0.242. The molecule has 2 atom stereocenters. The van der Waals surface area contributed by atoms with E-state index in [0.29, 0.717) is 13.0 Å². The molecule has 0 amide bonds. The molecule has 3 rings (SSSR count). The number of aryl methyl sites for hydroxylation is 1. The van der Waals surface area contributed by atoms with Gasteiger partial charge in [0.25, 0.3) is 0 Å². The van der Waals surface area contributed by atoms with Crippen molar-refractivity contribution >= 4 is 16.9 Å². The minimum Gasteiger partial charge on any atom is -0.466 e. The Morgan fingerprint density at radius 2 is 2.33 bits per heavy atom. The third-order valence-electron chi connectivity index (χ3n) is 4.41. The first kappa shape index (κ1) is 14.1. The zero-order chi connectivity index (χ0) is 15.0. The molecule has 1 aromatic carbocycles. The zero-order valence-corrected chi connectivity index (χ0v) is 12.3. The summed E-state index contributed by atoms with van der Waals surface area (Å²) in [5.74, 6) is 0.592. The second-order valence-corrected chi connectivity index (χ2v) is 5.69. The number of esters is 1. The van der Waals surface area contributed by atoms with Crippen molar-refractivity contribution in [3.63, 3.8) is 0 Å². The van der Waals surface area contributed by atoms with Crippen molar-refractivity contribution in [1.29, 1.82) is 0 Å². The molecular formula is C17H19FO3. The summed E-state index contributed by atoms with van der Waals surface area (Å²) in [4.78, 5) is 11.9. The maximum atomic E-state index is 13.4. The highest BCUT2D eigenvalue weighted by Crippen LogP contribution is 2.37. The maximum Gasteiger partial charge on any atom is 0.308 e. The summed E-state index contributed by atoms with van der Waals surface area (Å²) in [6.45, 7) is 4.14. The van der Waals surface area contributed by atoms with Crippen LogP contribution in [0.25, 0.3) is 11.0 Å². The van der Waals surface area contributed by atoms with Crippen LogP contribution in [0.4, 0.5) is 4.39 Å². The molecule has 0 bridgehead atoms. The molecule has 0 N–H and O–H groups in total. The number of fused-ring (bicyclic) bond motifs is 3. The number of ether oxygens (including phenoxy) is 1. The van der Waals surface area contributed by atoms with Gasteiger partial charge in [0.1, 0.15) is 17.2 Å². The van der Waals surface area contributed by atoms with Crippen LogP contribution < -0.4 is 0 Å². The van der Waals surface area contributed by atoms with E-state index in [4.69, 9.17) is 9.15 Å². The molecule has 3 nitrogen and oxygen atoms in total.